The molecule has 2 aliphatic rings. The molecule has 0 aromatic heterocycles. The Morgan fingerprint density at radius 2 is 2.15 bits per heavy atom. The van der Waals surface area contributed by atoms with Crippen molar-refractivity contribution in [1.29, 1.82) is 0 Å². The zero-order valence-corrected chi connectivity index (χ0v) is 16.7. The van der Waals surface area contributed by atoms with Crippen LogP contribution in [0, 0.1) is 0 Å². The van der Waals surface area contributed by atoms with E-state index in [4.69, 9.17) is 26.4 Å². The first-order chi connectivity index (χ1) is 12.6. The van der Waals surface area contributed by atoms with Crippen molar-refractivity contribution in [1.82, 2.24) is 4.90 Å². The van der Waals surface area contributed by atoms with Crippen molar-refractivity contribution >= 4 is 40.3 Å². The van der Waals surface area contributed by atoms with Crippen LogP contribution < -0.4 is 9.47 Å². The molecule has 2 heterocycles. The Morgan fingerprint density at radius 3 is 2.85 bits per heavy atom. The van der Waals surface area contributed by atoms with E-state index in [2.05, 4.69) is 0 Å². The molecule has 0 aliphatic carbocycles. The topological polar surface area (TPSA) is 48.0 Å². The summed E-state index contributed by atoms with van der Waals surface area (Å²) in [5.41, 5.74) is 0.841. The smallest absolute Gasteiger partial charge is 0.266 e. The fourth-order valence-corrected chi connectivity index (χ4v) is 4.23. The van der Waals surface area contributed by atoms with Crippen molar-refractivity contribution in [2.75, 3.05) is 26.4 Å². The van der Waals surface area contributed by atoms with Crippen LogP contribution in [0.15, 0.2) is 23.1 Å². The largest absolute Gasteiger partial charge is 0.494 e. The minimum Gasteiger partial charge on any atom is -0.494 e. The fraction of sp³-hybridized carbons (Fsp3) is 0.474. The van der Waals surface area contributed by atoms with Gasteiger partial charge in [0.15, 0.2) is 0 Å². The Labute approximate surface area is 163 Å². The van der Waals surface area contributed by atoms with Crippen LogP contribution in [0.4, 0.5) is 0 Å². The second-order valence-corrected chi connectivity index (χ2v) is 7.67. The van der Waals surface area contributed by atoms with Crippen LogP contribution in [0.2, 0.25) is 0 Å². The van der Waals surface area contributed by atoms with Gasteiger partial charge in [0.1, 0.15) is 15.8 Å². The maximum Gasteiger partial charge on any atom is 0.266 e. The van der Waals surface area contributed by atoms with Crippen molar-refractivity contribution < 1.29 is 19.0 Å². The van der Waals surface area contributed by atoms with Crippen molar-refractivity contribution in [3.8, 4) is 11.5 Å². The molecule has 5 nitrogen and oxygen atoms in total. The highest BCUT2D eigenvalue weighted by molar-refractivity contribution is 8.26. The summed E-state index contributed by atoms with van der Waals surface area (Å²) in [6, 6.07) is 5.64. The summed E-state index contributed by atoms with van der Waals surface area (Å²) in [6.45, 7) is 6.29. The second kappa shape index (κ2) is 8.88. The van der Waals surface area contributed by atoms with Gasteiger partial charge in [-0.05, 0) is 44.9 Å². The number of rotatable bonds is 7. The van der Waals surface area contributed by atoms with E-state index in [1.807, 2.05) is 38.1 Å². The second-order valence-electron chi connectivity index (χ2n) is 5.99. The number of benzene rings is 1. The minimum atomic E-state index is -0.0631. The number of thioether (sulfide) groups is 1. The zero-order chi connectivity index (χ0) is 18.5. The number of hydrogen-bond acceptors (Lipinski definition) is 6. The van der Waals surface area contributed by atoms with E-state index in [1.54, 1.807) is 4.90 Å². The molecule has 1 atom stereocenters. The molecule has 7 heteroatoms. The molecule has 1 amide bonds. The first-order valence-corrected chi connectivity index (χ1v) is 10.1. The van der Waals surface area contributed by atoms with Crippen LogP contribution >= 0.6 is 24.0 Å². The highest BCUT2D eigenvalue weighted by atomic mass is 32.2. The van der Waals surface area contributed by atoms with Crippen LogP contribution in [0.25, 0.3) is 6.08 Å². The molecular weight excluding hydrogens is 370 g/mol. The highest BCUT2D eigenvalue weighted by Gasteiger charge is 2.34. The summed E-state index contributed by atoms with van der Waals surface area (Å²) in [4.78, 5) is 15.0. The van der Waals surface area contributed by atoms with Gasteiger partial charge in [0.05, 0.1) is 30.8 Å². The van der Waals surface area contributed by atoms with Gasteiger partial charge in [-0.25, -0.2) is 0 Å². The minimum absolute atomic E-state index is 0.0631. The standard InChI is InChI=1S/C19H23NO4S2/c1-3-22-14-8-7-13(16(11-14)23-4-2)10-17-18(21)20(19(25)26-17)12-15-6-5-9-24-15/h7-8,10-11,15H,3-6,9,12H2,1-2H3/b17-10-/t15-/m0/s1. The number of thiocarbonyl (C=S) groups is 1. The molecule has 0 spiro atoms. The lowest BCUT2D eigenvalue weighted by atomic mass is 10.1. The number of carbonyl (C=O) groups is 1. The number of amides is 1. The Balaban J connectivity index is 1.80. The predicted molar refractivity (Wildman–Crippen MR) is 108 cm³/mol. The van der Waals surface area contributed by atoms with E-state index in [0.717, 1.165) is 30.8 Å². The van der Waals surface area contributed by atoms with Crippen LogP contribution in [0.3, 0.4) is 0 Å². The maximum atomic E-state index is 12.8. The fourth-order valence-electron chi connectivity index (χ4n) is 2.96. The number of carbonyl (C=O) groups excluding carboxylic acids is 1. The zero-order valence-electron chi connectivity index (χ0n) is 15.0. The average Bonchev–Trinajstić information content (AvgIpc) is 3.22. The van der Waals surface area contributed by atoms with Crippen molar-refractivity contribution in [2.45, 2.75) is 32.8 Å². The average molecular weight is 394 g/mol. The van der Waals surface area contributed by atoms with Crippen LogP contribution in [-0.4, -0.2) is 47.6 Å². The lowest BCUT2D eigenvalue weighted by Gasteiger charge is -2.18. The summed E-state index contributed by atoms with van der Waals surface area (Å²) in [5, 5.41) is 0. The van der Waals surface area contributed by atoms with Gasteiger partial charge < -0.3 is 14.2 Å². The van der Waals surface area contributed by atoms with E-state index in [1.165, 1.54) is 11.8 Å². The third-order valence-corrected chi connectivity index (χ3v) is 5.54. The Kier molecular flexibility index (Phi) is 6.56. The summed E-state index contributed by atoms with van der Waals surface area (Å²) in [5.74, 6) is 1.38. The van der Waals surface area contributed by atoms with E-state index in [-0.39, 0.29) is 12.0 Å². The molecule has 2 saturated heterocycles. The van der Waals surface area contributed by atoms with Gasteiger partial charge in [-0.15, -0.1) is 0 Å². The molecule has 26 heavy (non-hydrogen) atoms. The SMILES string of the molecule is CCOc1ccc(/C=C2\SC(=S)N(C[C@@H]3CCCO3)C2=O)c(OCC)c1. The summed E-state index contributed by atoms with van der Waals surface area (Å²) in [7, 11) is 0. The quantitative estimate of drug-likeness (QED) is 0.518. The molecule has 1 aromatic carbocycles. The molecule has 3 rings (SSSR count). The van der Waals surface area contributed by atoms with Crippen molar-refractivity contribution in [2.24, 2.45) is 0 Å². The lowest BCUT2D eigenvalue weighted by Crippen LogP contribution is -2.35. The number of nitrogens with zero attached hydrogens (tertiary/aromatic N) is 1. The van der Waals surface area contributed by atoms with Gasteiger partial charge in [-0.2, -0.15) is 0 Å². The summed E-state index contributed by atoms with van der Waals surface area (Å²) in [6.07, 6.45) is 3.94. The number of hydrogen-bond donors (Lipinski definition) is 0. The van der Waals surface area contributed by atoms with Gasteiger partial charge >= 0.3 is 0 Å². The predicted octanol–water partition coefficient (Wildman–Crippen LogP) is 3.86. The normalized spacial score (nSPS) is 21.7. The van der Waals surface area contributed by atoms with Gasteiger partial charge in [0.25, 0.3) is 5.91 Å². The molecule has 140 valence electrons. The van der Waals surface area contributed by atoms with Gasteiger partial charge in [-0.1, -0.05) is 24.0 Å². The van der Waals surface area contributed by atoms with Crippen LogP contribution in [0.5, 0.6) is 11.5 Å². The van der Waals surface area contributed by atoms with Crippen LogP contribution in [0.1, 0.15) is 32.3 Å². The molecule has 0 bridgehead atoms. The molecule has 0 N–H and O–H groups in total. The Bertz CT molecular complexity index is 713. The number of ether oxygens (including phenoxy) is 3. The molecule has 0 saturated carbocycles. The van der Waals surface area contributed by atoms with Crippen molar-refractivity contribution in [3.63, 3.8) is 0 Å². The maximum absolute atomic E-state index is 12.8. The Hall–Kier alpha value is -1.57. The van der Waals surface area contributed by atoms with Crippen molar-refractivity contribution in [3.05, 3.63) is 28.7 Å². The van der Waals surface area contributed by atoms with Gasteiger partial charge in [-0.3, -0.25) is 9.69 Å². The third kappa shape index (κ3) is 4.39. The molecular formula is C19H23NO4S2. The monoisotopic (exact) mass is 393 g/mol. The van der Waals surface area contributed by atoms with Gasteiger partial charge in [0, 0.05) is 18.2 Å². The molecule has 2 fully saturated rings. The molecule has 0 unspecified atom stereocenters. The van der Waals surface area contributed by atoms with E-state index in [0.29, 0.717) is 34.7 Å². The summed E-state index contributed by atoms with van der Waals surface area (Å²) < 4.78 is 17.5. The summed E-state index contributed by atoms with van der Waals surface area (Å²) >= 11 is 6.73. The van der Waals surface area contributed by atoms with E-state index in [9.17, 15) is 4.79 Å². The third-order valence-electron chi connectivity index (χ3n) is 4.17. The highest BCUT2D eigenvalue weighted by Crippen LogP contribution is 2.36. The Morgan fingerprint density at radius 1 is 1.35 bits per heavy atom. The lowest BCUT2D eigenvalue weighted by molar-refractivity contribution is -0.123. The molecule has 0 radical (unpaired) electrons. The van der Waals surface area contributed by atoms with Crippen LogP contribution in [-0.2, 0) is 9.53 Å². The first kappa shape index (κ1) is 19.2. The van der Waals surface area contributed by atoms with E-state index < -0.39 is 0 Å². The van der Waals surface area contributed by atoms with Gasteiger partial charge in [0.2, 0.25) is 0 Å². The first-order valence-electron chi connectivity index (χ1n) is 8.89. The van der Waals surface area contributed by atoms with E-state index >= 15 is 0 Å². The molecule has 2 aliphatic heterocycles. The molecule has 1 aromatic rings.